The Kier molecular flexibility index (Phi) is 5.25. The minimum atomic E-state index is -3.48. The highest BCUT2D eigenvalue weighted by Crippen LogP contribution is 2.24. The van der Waals surface area contributed by atoms with E-state index in [1.807, 2.05) is 0 Å². The summed E-state index contributed by atoms with van der Waals surface area (Å²) < 4.78 is 26.8. The lowest BCUT2D eigenvalue weighted by molar-refractivity contribution is 0.0923. The van der Waals surface area contributed by atoms with Crippen LogP contribution in [-0.4, -0.2) is 37.8 Å². The van der Waals surface area contributed by atoms with E-state index in [1.54, 1.807) is 18.2 Å². The second-order valence-electron chi connectivity index (χ2n) is 7.07. The third kappa shape index (κ3) is 3.81. The van der Waals surface area contributed by atoms with Gasteiger partial charge in [0.2, 0.25) is 10.0 Å². The number of hydrogen-bond donors (Lipinski definition) is 1. The van der Waals surface area contributed by atoms with Gasteiger partial charge in [0.1, 0.15) is 0 Å². The Labute approximate surface area is 144 Å². The van der Waals surface area contributed by atoms with Crippen molar-refractivity contribution in [3.63, 3.8) is 0 Å². The fourth-order valence-corrected chi connectivity index (χ4v) is 5.11. The predicted octanol–water partition coefficient (Wildman–Crippen LogP) is 2.78. The molecule has 5 nitrogen and oxygen atoms in total. The number of amides is 1. The molecule has 0 spiro atoms. The molecule has 1 aromatic rings. The summed E-state index contributed by atoms with van der Waals surface area (Å²) in [5, 5.41) is 3.06. The number of carbonyl (C=O) groups excluding carboxylic acids is 1. The van der Waals surface area contributed by atoms with Crippen molar-refractivity contribution in [2.75, 3.05) is 13.1 Å². The number of sulfonamides is 1. The van der Waals surface area contributed by atoms with Crippen LogP contribution in [0.25, 0.3) is 0 Å². The van der Waals surface area contributed by atoms with E-state index in [4.69, 9.17) is 0 Å². The van der Waals surface area contributed by atoms with Gasteiger partial charge in [-0.05, 0) is 62.6 Å². The molecule has 1 aliphatic carbocycles. The van der Waals surface area contributed by atoms with Crippen LogP contribution in [0.4, 0.5) is 0 Å². The van der Waals surface area contributed by atoms with Crippen LogP contribution in [0, 0.1) is 5.92 Å². The second-order valence-corrected chi connectivity index (χ2v) is 9.01. The van der Waals surface area contributed by atoms with Gasteiger partial charge in [0, 0.05) is 24.7 Å². The van der Waals surface area contributed by atoms with Crippen LogP contribution in [0.15, 0.2) is 29.2 Å². The molecule has 1 aromatic carbocycles. The molecular formula is C18H26N2O3S. The third-order valence-corrected chi connectivity index (χ3v) is 7.04. The van der Waals surface area contributed by atoms with Gasteiger partial charge in [0.15, 0.2) is 0 Å². The van der Waals surface area contributed by atoms with E-state index < -0.39 is 10.0 Å². The van der Waals surface area contributed by atoms with Gasteiger partial charge >= 0.3 is 0 Å². The van der Waals surface area contributed by atoms with Gasteiger partial charge in [-0.1, -0.05) is 13.0 Å². The Bertz CT molecular complexity index is 688. The molecule has 2 aliphatic rings. The van der Waals surface area contributed by atoms with Crippen molar-refractivity contribution in [3.05, 3.63) is 29.8 Å². The van der Waals surface area contributed by atoms with Gasteiger partial charge in [-0.2, -0.15) is 4.31 Å². The zero-order chi connectivity index (χ0) is 17.2. The summed E-state index contributed by atoms with van der Waals surface area (Å²) in [6, 6.07) is 6.62. The molecular weight excluding hydrogens is 324 g/mol. The van der Waals surface area contributed by atoms with Crippen LogP contribution < -0.4 is 5.32 Å². The van der Waals surface area contributed by atoms with Gasteiger partial charge in [0.05, 0.1) is 4.90 Å². The molecule has 132 valence electrons. The number of hydrogen-bond acceptors (Lipinski definition) is 3. The highest BCUT2D eigenvalue weighted by Gasteiger charge is 2.28. The normalized spacial score (nSPS) is 25.5. The van der Waals surface area contributed by atoms with E-state index in [0.717, 1.165) is 44.4 Å². The SMILES string of the molecule is CC1CCC(NC(=O)c2cccc(S(=O)(=O)N3CCCC3)c2)CC1. The number of carbonyl (C=O) groups is 1. The van der Waals surface area contributed by atoms with Crippen molar-refractivity contribution in [1.82, 2.24) is 9.62 Å². The van der Waals surface area contributed by atoms with E-state index in [-0.39, 0.29) is 16.8 Å². The zero-order valence-electron chi connectivity index (χ0n) is 14.2. The van der Waals surface area contributed by atoms with Gasteiger partial charge in [-0.3, -0.25) is 4.79 Å². The molecule has 0 unspecified atom stereocenters. The summed E-state index contributed by atoms with van der Waals surface area (Å²) in [7, 11) is -3.48. The average Bonchev–Trinajstić information content (AvgIpc) is 3.12. The maximum atomic E-state index is 12.6. The number of rotatable bonds is 4. The molecule has 6 heteroatoms. The van der Waals surface area contributed by atoms with Crippen LogP contribution in [-0.2, 0) is 10.0 Å². The molecule has 0 aromatic heterocycles. The van der Waals surface area contributed by atoms with Crippen LogP contribution in [0.1, 0.15) is 55.8 Å². The summed E-state index contributed by atoms with van der Waals surface area (Å²) in [5.41, 5.74) is 0.425. The summed E-state index contributed by atoms with van der Waals surface area (Å²) >= 11 is 0. The highest BCUT2D eigenvalue weighted by molar-refractivity contribution is 7.89. The molecule has 3 rings (SSSR count). The molecule has 1 aliphatic heterocycles. The van der Waals surface area contributed by atoms with E-state index in [0.29, 0.717) is 18.7 Å². The maximum absolute atomic E-state index is 12.6. The first kappa shape index (κ1) is 17.4. The fourth-order valence-electron chi connectivity index (χ4n) is 3.55. The van der Waals surface area contributed by atoms with Crippen molar-refractivity contribution in [2.45, 2.75) is 56.4 Å². The number of nitrogens with one attached hydrogen (secondary N) is 1. The zero-order valence-corrected chi connectivity index (χ0v) is 15.0. The molecule has 1 saturated heterocycles. The van der Waals surface area contributed by atoms with Gasteiger partial charge < -0.3 is 5.32 Å². The van der Waals surface area contributed by atoms with Crippen molar-refractivity contribution >= 4 is 15.9 Å². The Hall–Kier alpha value is -1.40. The lowest BCUT2D eigenvalue weighted by Crippen LogP contribution is -2.37. The Balaban J connectivity index is 1.71. The monoisotopic (exact) mass is 350 g/mol. The van der Waals surface area contributed by atoms with E-state index in [2.05, 4.69) is 12.2 Å². The van der Waals surface area contributed by atoms with Gasteiger partial charge in [0.25, 0.3) is 5.91 Å². The summed E-state index contributed by atoms with van der Waals surface area (Å²) in [6.45, 7) is 3.38. The molecule has 1 amide bonds. The van der Waals surface area contributed by atoms with Crippen molar-refractivity contribution < 1.29 is 13.2 Å². The van der Waals surface area contributed by atoms with Crippen molar-refractivity contribution in [1.29, 1.82) is 0 Å². The quantitative estimate of drug-likeness (QED) is 0.908. The average molecular weight is 350 g/mol. The van der Waals surface area contributed by atoms with E-state index >= 15 is 0 Å². The molecule has 0 radical (unpaired) electrons. The molecule has 1 heterocycles. The molecule has 1 N–H and O–H groups in total. The Morgan fingerprint density at radius 2 is 1.79 bits per heavy atom. The summed E-state index contributed by atoms with van der Waals surface area (Å²) in [4.78, 5) is 12.7. The number of benzene rings is 1. The van der Waals surface area contributed by atoms with Crippen LogP contribution in [0.2, 0.25) is 0 Å². The maximum Gasteiger partial charge on any atom is 0.251 e. The molecule has 2 fully saturated rings. The lowest BCUT2D eigenvalue weighted by Gasteiger charge is -2.27. The predicted molar refractivity (Wildman–Crippen MR) is 93.3 cm³/mol. The van der Waals surface area contributed by atoms with Crippen molar-refractivity contribution in [2.24, 2.45) is 5.92 Å². The Morgan fingerprint density at radius 3 is 2.46 bits per heavy atom. The molecule has 1 saturated carbocycles. The van der Waals surface area contributed by atoms with E-state index in [1.165, 1.54) is 10.4 Å². The van der Waals surface area contributed by atoms with Crippen LogP contribution in [0.5, 0.6) is 0 Å². The van der Waals surface area contributed by atoms with Crippen molar-refractivity contribution in [3.8, 4) is 0 Å². The smallest absolute Gasteiger partial charge is 0.251 e. The number of nitrogens with zero attached hydrogens (tertiary/aromatic N) is 1. The minimum Gasteiger partial charge on any atom is -0.349 e. The van der Waals surface area contributed by atoms with E-state index in [9.17, 15) is 13.2 Å². The first-order valence-corrected chi connectivity index (χ1v) is 10.3. The highest BCUT2D eigenvalue weighted by atomic mass is 32.2. The topological polar surface area (TPSA) is 66.5 Å². The Morgan fingerprint density at radius 1 is 1.12 bits per heavy atom. The summed E-state index contributed by atoms with van der Waals surface area (Å²) in [6.07, 6.45) is 6.07. The molecule has 0 atom stereocenters. The first-order valence-electron chi connectivity index (χ1n) is 8.88. The second kappa shape index (κ2) is 7.23. The fraction of sp³-hybridized carbons (Fsp3) is 0.611. The van der Waals surface area contributed by atoms with Crippen LogP contribution >= 0.6 is 0 Å². The standard InChI is InChI=1S/C18H26N2O3S/c1-14-7-9-16(10-8-14)19-18(21)15-5-4-6-17(13-15)24(22,23)20-11-2-3-12-20/h4-6,13-14,16H,2-3,7-12H2,1H3,(H,19,21). The van der Waals surface area contributed by atoms with Gasteiger partial charge in [-0.15, -0.1) is 0 Å². The first-order chi connectivity index (χ1) is 11.5. The largest absolute Gasteiger partial charge is 0.349 e. The molecule has 0 bridgehead atoms. The molecule has 24 heavy (non-hydrogen) atoms. The lowest BCUT2D eigenvalue weighted by atomic mass is 9.87. The van der Waals surface area contributed by atoms with Crippen LogP contribution in [0.3, 0.4) is 0 Å². The minimum absolute atomic E-state index is 0.173. The summed E-state index contributed by atoms with van der Waals surface area (Å²) in [5.74, 6) is 0.556. The van der Waals surface area contributed by atoms with Gasteiger partial charge in [-0.25, -0.2) is 8.42 Å². The third-order valence-electron chi connectivity index (χ3n) is 5.15.